The molecule has 1 aromatic heterocycles. The van der Waals surface area contributed by atoms with E-state index in [-0.39, 0.29) is 5.88 Å². The zero-order valence-corrected chi connectivity index (χ0v) is 16.4. The average Bonchev–Trinajstić information content (AvgIpc) is 3.20. The van der Waals surface area contributed by atoms with E-state index in [0.29, 0.717) is 6.54 Å². The van der Waals surface area contributed by atoms with Crippen molar-refractivity contribution < 1.29 is 5.11 Å². The summed E-state index contributed by atoms with van der Waals surface area (Å²) in [6.45, 7) is 6.78. The molecule has 0 saturated carbocycles. The van der Waals surface area contributed by atoms with Gasteiger partial charge in [-0.25, -0.2) is 4.99 Å². The molecule has 0 saturated heterocycles. The maximum Gasteiger partial charge on any atom is 0.211 e. The Labute approximate surface area is 162 Å². The number of rotatable bonds is 3. The summed E-state index contributed by atoms with van der Waals surface area (Å²) in [6.07, 6.45) is 3.84. The maximum absolute atomic E-state index is 10.7. The zero-order chi connectivity index (χ0) is 19.0. The number of aliphatic imine (C=N–C) groups is 1. The Morgan fingerprint density at radius 1 is 1.19 bits per heavy atom. The summed E-state index contributed by atoms with van der Waals surface area (Å²) in [5, 5.41) is 10.7. The molecule has 0 unspecified atom stereocenters. The van der Waals surface area contributed by atoms with E-state index in [1.807, 2.05) is 48.0 Å². The van der Waals surface area contributed by atoms with Crippen LogP contribution in [0.5, 0.6) is 5.88 Å². The molecule has 0 amide bonds. The standard InChI is InChI=1S/C22H21N3OS/c1-4-25-21(26)20(12-16-13-23-18-8-6-5-7-17(16)18)27-22(25)24-19-11-14(2)9-10-15(19)3/h5-13,26H,4H2,1-3H3. The largest absolute Gasteiger partial charge is 0.493 e. The summed E-state index contributed by atoms with van der Waals surface area (Å²) >= 11 is 1.49. The fourth-order valence-electron chi connectivity index (χ4n) is 3.12. The van der Waals surface area contributed by atoms with Gasteiger partial charge in [-0.2, -0.15) is 0 Å². The molecule has 0 aliphatic carbocycles. The van der Waals surface area contributed by atoms with Crippen LogP contribution < -0.4 is 4.80 Å². The lowest BCUT2D eigenvalue weighted by Crippen LogP contribution is -2.12. The van der Waals surface area contributed by atoms with Gasteiger partial charge in [0, 0.05) is 23.9 Å². The molecule has 1 aliphatic heterocycles. The summed E-state index contributed by atoms with van der Waals surface area (Å²) < 4.78 is 1.84. The first kappa shape index (κ1) is 17.5. The normalized spacial score (nSPS) is 14.9. The van der Waals surface area contributed by atoms with Crippen molar-refractivity contribution in [2.75, 3.05) is 0 Å². The van der Waals surface area contributed by atoms with Crippen LogP contribution >= 0.6 is 11.3 Å². The molecule has 4 nitrogen and oxygen atoms in total. The molecule has 2 aromatic carbocycles. The predicted octanol–water partition coefficient (Wildman–Crippen LogP) is 5.38. The number of aryl methyl sites for hydroxylation is 2. The molecule has 5 heteroatoms. The van der Waals surface area contributed by atoms with Gasteiger partial charge in [-0.15, -0.1) is 0 Å². The van der Waals surface area contributed by atoms with Crippen molar-refractivity contribution >= 4 is 40.6 Å². The summed E-state index contributed by atoms with van der Waals surface area (Å²) in [7, 11) is 0. The number of thiazole rings is 1. The smallest absolute Gasteiger partial charge is 0.211 e. The SMILES string of the molecule is CCn1c(O)c(C=C2C=Nc3ccccc32)sc1=Nc1cc(C)ccc1C. The highest BCUT2D eigenvalue weighted by Gasteiger charge is 2.15. The zero-order valence-electron chi connectivity index (χ0n) is 15.6. The molecule has 27 heavy (non-hydrogen) atoms. The van der Waals surface area contributed by atoms with Crippen molar-refractivity contribution in [3.8, 4) is 5.88 Å². The highest BCUT2D eigenvalue weighted by Crippen LogP contribution is 2.34. The first-order valence-corrected chi connectivity index (χ1v) is 9.78. The van der Waals surface area contributed by atoms with E-state index in [4.69, 9.17) is 4.99 Å². The van der Waals surface area contributed by atoms with Gasteiger partial charge in [-0.1, -0.05) is 41.7 Å². The number of benzene rings is 2. The molecule has 1 N–H and O–H groups in total. The van der Waals surface area contributed by atoms with E-state index in [0.717, 1.165) is 37.8 Å². The van der Waals surface area contributed by atoms with Crippen LogP contribution in [0.3, 0.4) is 0 Å². The monoisotopic (exact) mass is 375 g/mol. The fraction of sp³-hybridized carbons (Fsp3) is 0.182. The van der Waals surface area contributed by atoms with Gasteiger partial charge in [-0.05, 0) is 50.1 Å². The van der Waals surface area contributed by atoms with Gasteiger partial charge < -0.3 is 5.11 Å². The molecular formula is C22H21N3OS. The first-order chi connectivity index (χ1) is 13.1. The first-order valence-electron chi connectivity index (χ1n) is 8.96. The number of hydrogen-bond acceptors (Lipinski definition) is 4. The van der Waals surface area contributed by atoms with Crippen LogP contribution in [0.25, 0.3) is 11.6 Å². The molecule has 3 aromatic rings. The molecule has 0 radical (unpaired) electrons. The van der Waals surface area contributed by atoms with Crippen LogP contribution in [0.1, 0.15) is 28.5 Å². The minimum atomic E-state index is 0.247. The van der Waals surface area contributed by atoms with Gasteiger partial charge in [-0.3, -0.25) is 9.56 Å². The highest BCUT2D eigenvalue weighted by molar-refractivity contribution is 7.10. The van der Waals surface area contributed by atoms with E-state index < -0.39 is 0 Å². The van der Waals surface area contributed by atoms with E-state index in [1.54, 1.807) is 0 Å². The average molecular weight is 375 g/mol. The van der Waals surface area contributed by atoms with E-state index in [9.17, 15) is 5.11 Å². The van der Waals surface area contributed by atoms with E-state index in [1.165, 1.54) is 16.9 Å². The highest BCUT2D eigenvalue weighted by atomic mass is 32.1. The van der Waals surface area contributed by atoms with Gasteiger partial charge in [0.2, 0.25) is 5.88 Å². The van der Waals surface area contributed by atoms with Crippen LogP contribution in [0.15, 0.2) is 52.4 Å². The minimum Gasteiger partial charge on any atom is -0.493 e. The minimum absolute atomic E-state index is 0.247. The number of nitrogens with zero attached hydrogens (tertiary/aromatic N) is 3. The number of aromatic nitrogens is 1. The third-order valence-electron chi connectivity index (χ3n) is 4.65. The van der Waals surface area contributed by atoms with Crippen molar-refractivity contribution in [2.24, 2.45) is 9.98 Å². The van der Waals surface area contributed by atoms with Gasteiger partial charge in [0.1, 0.15) is 0 Å². The second kappa shape index (κ2) is 7.00. The third kappa shape index (κ3) is 3.26. The van der Waals surface area contributed by atoms with E-state index in [2.05, 4.69) is 37.0 Å². The van der Waals surface area contributed by atoms with Crippen molar-refractivity contribution in [2.45, 2.75) is 27.3 Å². The Morgan fingerprint density at radius 3 is 2.81 bits per heavy atom. The second-order valence-electron chi connectivity index (χ2n) is 6.59. The Balaban J connectivity index is 1.84. The van der Waals surface area contributed by atoms with Gasteiger partial charge in [0.25, 0.3) is 0 Å². The molecule has 4 rings (SSSR count). The van der Waals surface area contributed by atoms with Gasteiger partial charge >= 0.3 is 0 Å². The van der Waals surface area contributed by atoms with Crippen molar-refractivity contribution in [3.05, 3.63) is 68.8 Å². The molecule has 0 fully saturated rings. The summed E-state index contributed by atoms with van der Waals surface area (Å²) in [6, 6.07) is 14.3. The Morgan fingerprint density at radius 2 is 2.00 bits per heavy atom. The topological polar surface area (TPSA) is 49.9 Å². The fourth-order valence-corrected chi connectivity index (χ4v) is 4.18. The van der Waals surface area contributed by atoms with Crippen LogP contribution in [-0.2, 0) is 6.54 Å². The molecule has 0 spiro atoms. The van der Waals surface area contributed by atoms with Crippen LogP contribution in [0, 0.1) is 13.8 Å². The molecule has 136 valence electrons. The van der Waals surface area contributed by atoms with Crippen molar-refractivity contribution in [1.29, 1.82) is 0 Å². The summed E-state index contributed by atoms with van der Waals surface area (Å²) in [5.74, 6) is 0.247. The van der Waals surface area contributed by atoms with Gasteiger partial charge in [0.15, 0.2) is 4.80 Å². The second-order valence-corrected chi connectivity index (χ2v) is 7.60. The number of allylic oxidation sites excluding steroid dienone is 1. The predicted molar refractivity (Wildman–Crippen MR) is 113 cm³/mol. The summed E-state index contributed by atoms with van der Waals surface area (Å²) in [5.41, 5.74) is 6.27. The van der Waals surface area contributed by atoms with Crippen LogP contribution in [0.2, 0.25) is 0 Å². The molecule has 1 aliphatic rings. The van der Waals surface area contributed by atoms with Crippen molar-refractivity contribution in [3.63, 3.8) is 0 Å². The molecule has 0 atom stereocenters. The van der Waals surface area contributed by atoms with Crippen molar-refractivity contribution in [1.82, 2.24) is 4.57 Å². The number of aromatic hydroxyl groups is 1. The van der Waals surface area contributed by atoms with E-state index >= 15 is 0 Å². The Hall–Kier alpha value is -2.92. The Kier molecular flexibility index (Phi) is 4.54. The lowest BCUT2D eigenvalue weighted by atomic mass is 10.1. The molecule has 2 heterocycles. The molecular weight excluding hydrogens is 354 g/mol. The number of para-hydroxylation sites is 1. The number of hydrogen-bond donors (Lipinski definition) is 1. The van der Waals surface area contributed by atoms with Crippen LogP contribution in [-0.4, -0.2) is 15.9 Å². The van der Waals surface area contributed by atoms with Crippen LogP contribution in [0.4, 0.5) is 11.4 Å². The molecule has 0 bridgehead atoms. The lowest BCUT2D eigenvalue weighted by Gasteiger charge is -2.03. The number of fused-ring (bicyclic) bond motifs is 1. The quantitative estimate of drug-likeness (QED) is 0.656. The maximum atomic E-state index is 10.7. The lowest BCUT2D eigenvalue weighted by molar-refractivity contribution is 0.416. The summed E-state index contributed by atoms with van der Waals surface area (Å²) in [4.78, 5) is 10.9. The Bertz CT molecular complexity index is 1150. The van der Waals surface area contributed by atoms with Gasteiger partial charge in [0.05, 0.1) is 16.3 Å². The third-order valence-corrected chi connectivity index (χ3v) is 5.66.